The summed E-state index contributed by atoms with van der Waals surface area (Å²) < 4.78 is 11.9. The van der Waals surface area contributed by atoms with Gasteiger partial charge in [-0.05, 0) is 98.6 Å². The SMILES string of the molecule is O=C(NC(c1ccccc1)c1cccc(OC(CCCCCCNC[C@@H](O)c2ccc(O)c3[nH]c(=O)ccc23)C(=O)O)c1)O[C@H]1CN2CCC1CC2. The lowest BCUT2D eigenvalue weighted by Crippen LogP contribution is -2.52. The minimum atomic E-state index is -1.04. The molecule has 2 bridgehead atoms. The van der Waals surface area contributed by atoms with Crippen LogP contribution in [0, 0.1) is 5.92 Å². The third-order valence-electron chi connectivity index (χ3n) is 10.2. The molecule has 3 aromatic carbocycles. The number of hydrogen-bond acceptors (Lipinski definition) is 9. The third-order valence-corrected chi connectivity index (χ3v) is 10.2. The van der Waals surface area contributed by atoms with Crippen molar-refractivity contribution in [1.82, 2.24) is 20.5 Å². The van der Waals surface area contributed by atoms with E-state index in [1.54, 1.807) is 30.3 Å². The number of alkyl carbamates (subject to hydrolysis) is 1. The van der Waals surface area contributed by atoms with Crippen LogP contribution in [0.1, 0.15) is 73.8 Å². The number of pyridine rings is 1. The monoisotopic (exact) mass is 712 g/mol. The van der Waals surface area contributed by atoms with Crippen molar-refractivity contribution < 1.29 is 34.4 Å². The number of aromatic nitrogens is 1. The lowest BCUT2D eigenvalue weighted by atomic mass is 9.86. The smallest absolute Gasteiger partial charge is 0.408 e. The molecule has 1 aromatic heterocycles. The van der Waals surface area contributed by atoms with Crippen molar-refractivity contribution in [3.05, 3.63) is 106 Å². The van der Waals surface area contributed by atoms with Crippen LogP contribution >= 0.6 is 0 Å². The van der Waals surface area contributed by atoms with Gasteiger partial charge in [0.25, 0.3) is 0 Å². The number of carboxylic acid groups (broad SMARTS) is 1. The minimum absolute atomic E-state index is 0.0527. The molecule has 7 rings (SSSR count). The molecule has 4 heterocycles. The lowest BCUT2D eigenvalue weighted by Gasteiger charge is -2.43. The predicted molar refractivity (Wildman–Crippen MR) is 196 cm³/mol. The molecule has 4 atom stereocenters. The molecular weight excluding hydrogens is 664 g/mol. The number of aromatic hydroxyl groups is 1. The first kappa shape index (κ1) is 36.9. The first-order valence-electron chi connectivity index (χ1n) is 18.2. The normalized spacial score (nSPS) is 19.8. The van der Waals surface area contributed by atoms with Crippen LogP contribution in [0.15, 0.2) is 83.7 Å². The van der Waals surface area contributed by atoms with Gasteiger partial charge < -0.3 is 40.4 Å². The van der Waals surface area contributed by atoms with Crippen molar-refractivity contribution in [3.63, 3.8) is 0 Å². The number of nitrogens with zero attached hydrogens (tertiary/aromatic N) is 1. The molecule has 276 valence electrons. The molecule has 4 aromatic rings. The highest BCUT2D eigenvalue weighted by molar-refractivity contribution is 5.87. The Labute approximate surface area is 302 Å². The van der Waals surface area contributed by atoms with Crippen molar-refractivity contribution in [2.45, 2.75) is 69.3 Å². The molecule has 3 aliphatic heterocycles. The van der Waals surface area contributed by atoms with Crippen molar-refractivity contribution >= 4 is 23.0 Å². The molecule has 1 amide bonds. The average Bonchev–Trinajstić information content (AvgIpc) is 3.15. The number of carbonyl (C=O) groups excluding carboxylic acids is 1. The molecule has 3 aliphatic rings. The number of fused-ring (bicyclic) bond motifs is 4. The number of carbonyl (C=O) groups is 2. The number of aliphatic hydroxyl groups excluding tert-OH is 1. The van der Waals surface area contributed by atoms with Crippen molar-refractivity contribution in [2.75, 3.05) is 32.7 Å². The van der Waals surface area contributed by atoms with Gasteiger partial charge in [-0.25, -0.2) is 9.59 Å². The molecule has 12 nitrogen and oxygen atoms in total. The van der Waals surface area contributed by atoms with Gasteiger partial charge in [-0.1, -0.05) is 61.4 Å². The molecule has 0 saturated carbocycles. The molecule has 3 fully saturated rings. The maximum absolute atomic E-state index is 13.2. The van der Waals surface area contributed by atoms with E-state index in [1.165, 1.54) is 12.1 Å². The average molecular weight is 713 g/mol. The largest absolute Gasteiger partial charge is 0.506 e. The van der Waals surface area contributed by atoms with Gasteiger partial charge in [0, 0.05) is 24.5 Å². The van der Waals surface area contributed by atoms with E-state index in [-0.39, 0.29) is 17.4 Å². The Morgan fingerprint density at radius 2 is 1.69 bits per heavy atom. The number of benzene rings is 3. The van der Waals surface area contributed by atoms with E-state index in [0.717, 1.165) is 62.9 Å². The third kappa shape index (κ3) is 9.49. The standard InChI is InChI=1S/C40H48N4O8/c45-32-16-14-30(31-15-17-36(47)42-38(31)32)33(46)24-41-20-7-2-1-6-13-34(39(48)49)51-29-12-8-11-28(23-29)37(27-9-4-3-5-10-27)43-40(50)52-35-25-44-21-18-26(35)19-22-44/h3-5,8-12,14-17,23,26,33-35,37,41,45-46H,1-2,6-7,13,18-22,24-25H2,(H,42,47)(H,43,50)(H,48,49)/t33-,34?,35+,37?/m1/s1. The molecule has 12 heteroatoms. The van der Waals surface area contributed by atoms with Crippen molar-refractivity contribution in [3.8, 4) is 11.5 Å². The van der Waals surface area contributed by atoms with E-state index in [0.29, 0.717) is 54.1 Å². The van der Waals surface area contributed by atoms with Gasteiger partial charge in [0.1, 0.15) is 17.6 Å². The Hall–Kier alpha value is -4.91. The molecule has 2 unspecified atom stereocenters. The Morgan fingerprint density at radius 1 is 0.923 bits per heavy atom. The zero-order valence-corrected chi connectivity index (χ0v) is 29.2. The van der Waals surface area contributed by atoms with Gasteiger partial charge in [-0.15, -0.1) is 0 Å². The van der Waals surface area contributed by atoms with Crippen LogP contribution in [0.3, 0.4) is 0 Å². The number of carboxylic acids is 1. The van der Waals surface area contributed by atoms with Crippen LogP contribution < -0.4 is 20.9 Å². The number of H-pyrrole nitrogens is 1. The predicted octanol–water partition coefficient (Wildman–Crippen LogP) is 5.25. The van der Waals surface area contributed by atoms with E-state index >= 15 is 0 Å². The van der Waals surface area contributed by atoms with E-state index in [2.05, 4.69) is 20.5 Å². The summed E-state index contributed by atoms with van der Waals surface area (Å²) in [5.74, 6) is -0.288. The summed E-state index contributed by atoms with van der Waals surface area (Å²) in [6.45, 7) is 3.84. The van der Waals surface area contributed by atoms with Crippen LogP contribution in [0.4, 0.5) is 4.79 Å². The van der Waals surface area contributed by atoms with Crippen molar-refractivity contribution in [2.24, 2.45) is 5.92 Å². The fourth-order valence-corrected chi connectivity index (χ4v) is 7.33. The summed E-state index contributed by atoms with van der Waals surface area (Å²) in [5.41, 5.74) is 2.20. The number of amides is 1. The number of hydrogen-bond donors (Lipinski definition) is 6. The molecule has 6 N–H and O–H groups in total. The zero-order chi connectivity index (χ0) is 36.5. The summed E-state index contributed by atoms with van der Waals surface area (Å²) in [6, 6.07) is 22.3. The second kappa shape index (κ2) is 17.5. The number of phenols is 1. The second-order valence-electron chi connectivity index (χ2n) is 13.8. The molecule has 3 saturated heterocycles. The van der Waals surface area contributed by atoms with Crippen LogP contribution in [-0.2, 0) is 9.53 Å². The number of aromatic amines is 1. The van der Waals surface area contributed by atoms with Gasteiger partial charge in [0.05, 0.1) is 17.7 Å². The highest BCUT2D eigenvalue weighted by Gasteiger charge is 2.37. The molecular formula is C40H48N4O8. The summed E-state index contributed by atoms with van der Waals surface area (Å²) >= 11 is 0. The fourth-order valence-electron chi connectivity index (χ4n) is 7.33. The number of nitrogens with one attached hydrogen (secondary N) is 3. The minimum Gasteiger partial charge on any atom is -0.506 e. The first-order valence-corrected chi connectivity index (χ1v) is 18.2. The lowest BCUT2D eigenvalue weighted by molar-refractivity contribution is -0.145. The number of piperidine rings is 3. The second-order valence-corrected chi connectivity index (χ2v) is 13.8. The van der Waals surface area contributed by atoms with Crippen molar-refractivity contribution in [1.29, 1.82) is 0 Å². The van der Waals surface area contributed by atoms with Gasteiger partial charge in [0.2, 0.25) is 5.56 Å². The van der Waals surface area contributed by atoms with Crippen LogP contribution in [-0.4, -0.2) is 82.2 Å². The summed E-state index contributed by atoms with van der Waals surface area (Å²) in [6.07, 6.45) is 3.16. The van der Waals surface area contributed by atoms with Crippen LogP contribution in [0.5, 0.6) is 11.5 Å². The molecule has 0 spiro atoms. The topological polar surface area (TPSA) is 173 Å². The summed E-state index contributed by atoms with van der Waals surface area (Å²) in [7, 11) is 0. The number of aliphatic hydroxyl groups is 1. The van der Waals surface area contributed by atoms with Crippen LogP contribution in [0.2, 0.25) is 0 Å². The Morgan fingerprint density at radius 3 is 2.44 bits per heavy atom. The fraction of sp³-hybridized carbons (Fsp3) is 0.425. The number of phenolic OH excluding ortho intramolecular Hbond substituents is 1. The van der Waals surface area contributed by atoms with E-state index in [4.69, 9.17) is 9.47 Å². The van der Waals surface area contributed by atoms with Gasteiger partial charge >= 0.3 is 12.1 Å². The van der Waals surface area contributed by atoms with Gasteiger partial charge in [0.15, 0.2) is 6.10 Å². The zero-order valence-electron chi connectivity index (χ0n) is 29.2. The summed E-state index contributed by atoms with van der Waals surface area (Å²) in [5, 5.41) is 37.7. The Bertz CT molecular complexity index is 1860. The summed E-state index contributed by atoms with van der Waals surface area (Å²) in [4.78, 5) is 42.0. The first-order chi connectivity index (χ1) is 25.2. The maximum Gasteiger partial charge on any atom is 0.408 e. The number of ether oxygens (including phenoxy) is 2. The number of aliphatic carboxylic acids is 1. The van der Waals surface area contributed by atoms with E-state index in [9.17, 15) is 29.7 Å². The highest BCUT2D eigenvalue weighted by Crippen LogP contribution is 2.31. The quantitative estimate of drug-likeness (QED) is 0.0795. The molecule has 52 heavy (non-hydrogen) atoms. The maximum atomic E-state index is 13.2. The van der Waals surface area contributed by atoms with Gasteiger partial charge in [-0.2, -0.15) is 0 Å². The number of unbranched alkanes of at least 4 members (excludes halogenated alkanes) is 3. The number of rotatable bonds is 17. The molecule has 0 aliphatic carbocycles. The highest BCUT2D eigenvalue weighted by atomic mass is 16.6. The van der Waals surface area contributed by atoms with E-state index < -0.39 is 30.3 Å². The van der Waals surface area contributed by atoms with E-state index in [1.807, 2.05) is 36.4 Å². The Balaban J connectivity index is 0.965. The van der Waals surface area contributed by atoms with Gasteiger partial charge in [-0.3, -0.25) is 9.69 Å². The van der Waals surface area contributed by atoms with Crippen LogP contribution in [0.25, 0.3) is 10.9 Å². The molecule has 0 radical (unpaired) electrons. The Kier molecular flexibility index (Phi) is 12.4.